The summed E-state index contributed by atoms with van der Waals surface area (Å²) in [5, 5.41) is 10.4. The van der Waals surface area contributed by atoms with Gasteiger partial charge in [-0.25, -0.2) is 13.2 Å². The maximum Gasteiger partial charge on any atom is 0.327 e. The highest BCUT2D eigenvalue weighted by atomic mass is 32.2. The third kappa shape index (κ3) is 3.50. The zero-order valence-corrected chi connectivity index (χ0v) is 9.08. The van der Waals surface area contributed by atoms with Crippen LogP contribution < -0.4 is 5.32 Å². The summed E-state index contributed by atoms with van der Waals surface area (Å²) in [4.78, 5) is 21.3. The van der Waals surface area contributed by atoms with Gasteiger partial charge in [0.2, 0.25) is 5.91 Å². The summed E-state index contributed by atoms with van der Waals surface area (Å²) in [6.07, 6.45) is 1.18. The van der Waals surface area contributed by atoms with Crippen molar-refractivity contribution >= 4 is 21.7 Å². The Bertz CT molecular complexity index is 370. The molecule has 15 heavy (non-hydrogen) atoms. The summed E-state index contributed by atoms with van der Waals surface area (Å²) in [6.45, 7) is 1.15. The molecule has 0 aromatic rings. The molecule has 0 radical (unpaired) electrons. The van der Waals surface area contributed by atoms with Crippen LogP contribution in [0.3, 0.4) is 0 Å². The van der Waals surface area contributed by atoms with Crippen molar-refractivity contribution < 1.29 is 23.1 Å². The fraction of sp³-hybridized carbons (Fsp3) is 0.750. The number of nitrogens with one attached hydrogen (secondary N) is 1. The molecular formula is C8H13NO5S. The van der Waals surface area contributed by atoms with Gasteiger partial charge in [0, 0.05) is 6.92 Å². The first-order chi connectivity index (χ1) is 6.83. The van der Waals surface area contributed by atoms with E-state index < -0.39 is 38.8 Å². The van der Waals surface area contributed by atoms with Crippen LogP contribution in [0.25, 0.3) is 0 Å². The highest BCUT2D eigenvalue weighted by Crippen LogP contribution is 2.29. The molecule has 0 spiro atoms. The van der Waals surface area contributed by atoms with Crippen LogP contribution in [0.2, 0.25) is 0 Å². The largest absolute Gasteiger partial charge is 0.480 e. The second-order valence-electron chi connectivity index (χ2n) is 3.62. The van der Waals surface area contributed by atoms with E-state index in [0.717, 1.165) is 6.92 Å². The normalized spacial score (nSPS) is 18.2. The Labute approximate surface area is 87.6 Å². The average molecular weight is 235 g/mol. The number of hydrogen-bond donors (Lipinski definition) is 2. The Morgan fingerprint density at radius 3 is 2.33 bits per heavy atom. The summed E-state index contributed by atoms with van der Waals surface area (Å²) in [6, 6.07) is -1.34. The predicted molar refractivity (Wildman–Crippen MR) is 52.0 cm³/mol. The quantitative estimate of drug-likeness (QED) is 0.646. The molecule has 1 amide bonds. The minimum absolute atomic E-state index is 0.409. The van der Waals surface area contributed by atoms with Crippen LogP contribution >= 0.6 is 0 Å². The lowest BCUT2D eigenvalue weighted by atomic mass is 10.3. The van der Waals surface area contributed by atoms with Crippen LogP contribution in [0.5, 0.6) is 0 Å². The highest BCUT2D eigenvalue weighted by molar-refractivity contribution is 7.92. The molecule has 0 bridgehead atoms. The topological polar surface area (TPSA) is 101 Å². The van der Waals surface area contributed by atoms with Gasteiger partial charge in [-0.1, -0.05) is 0 Å². The molecule has 0 aromatic heterocycles. The number of carboxylic acid groups (broad SMARTS) is 1. The van der Waals surface area contributed by atoms with E-state index in [2.05, 4.69) is 5.32 Å². The van der Waals surface area contributed by atoms with E-state index in [1.807, 2.05) is 0 Å². The van der Waals surface area contributed by atoms with Gasteiger partial charge in [-0.05, 0) is 12.8 Å². The Morgan fingerprint density at radius 2 is 2.00 bits per heavy atom. The standard InChI is InChI=1S/C8H13NO5S/c1-5(10)9-7(8(11)12)4-15(13,14)6-2-3-6/h6-7H,2-4H2,1H3,(H,9,10)(H,11,12). The SMILES string of the molecule is CC(=O)NC(CS(=O)(=O)C1CC1)C(=O)O. The molecule has 0 heterocycles. The van der Waals surface area contributed by atoms with Crippen molar-refractivity contribution in [3.05, 3.63) is 0 Å². The van der Waals surface area contributed by atoms with E-state index in [1.54, 1.807) is 0 Å². The molecule has 1 fully saturated rings. The van der Waals surface area contributed by atoms with E-state index in [1.165, 1.54) is 0 Å². The number of hydrogen-bond acceptors (Lipinski definition) is 4. The van der Waals surface area contributed by atoms with E-state index >= 15 is 0 Å². The second-order valence-corrected chi connectivity index (χ2v) is 5.95. The van der Waals surface area contributed by atoms with E-state index in [0.29, 0.717) is 12.8 Å². The summed E-state index contributed by atoms with van der Waals surface area (Å²) in [5.41, 5.74) is 0. The van der Waals surface area contributed by atoms with Crippen molar-refractivity contribution in [3.8, 4) is 0 Å². The first kappa shape index (κ1) is 12.0. The average Bonchev–Trinajstić information content (AvgIpc) is 2.82. The molecular weight excluding hydrogens is 222 g/mol. The van der Waals surface area contributed by atoms with E-state index in [9.17, 15) is 18.0 Å². The molecule has 0 saturated heterocycles. The van der Waals surface area contributed by atoms with Crippen LogP contribution in [0.15, 0.2) is 0 Å². The maximum absolute atomic E-state index is 11.5. The lowest BCUT2D eigenvalue weighted by Crippen LogP contribution is -2.45. The van der Waals surface area contributed by atoms with Gasteiger partial charge < -0.3 is 10.4 Å². The number of aliphatic carboxylic acids is 1. The summed E-state index contributed by atoms with van der Waals surface area (Å²) in [7, 11) is -3.37. The third-order valence-electron chi connectivity index (χ3n) is 2.11. The molecule has 0 aliphatic heterocycles. The number of rotatable bonds is 5. The van der Waals surface area contributed by atoms with Crippen molar-refractivity contribution in [3.63, 3.8) is 0 Å². The van der Waals surface area contributed by atoms with Gasteiger partial charge in [-0.2, -0.15) is 0 Å². The Morgan fingerprint density at radius 1 is 1.47 bits per heavy atom. The van der Waals surface area contributed by atoms with Gasteiger partial charge in [-0.15, -0.1) is 0 Å². The van der Waals surface area contributed by atoms with E-state index in [-0.39, 0.29) is 0 Å². The van der Waals surface area contributed by atoms with Crippen LogP contribution in [0, 0.1) is 0 Å². The van der Waals surface area contributed by atoms with Crippen molar-refractivity contribution in [2.45, 2.75) is 31.1 Å². The first-order valence-electron chi connectivity index (χ1n) is 4.54. The molecule has 1 aliphatic rings. The summed E-state index contributed by atoms with van der Waals surface area (Å²) >= 11 is 0. The summed E-state index contributed by atoms with van der Waals surface area (Å²) in [5.74, 6) is -2.39. The minimum atomic E-state index is -3.37. The molecule has 1 saturated carbocycles. The molecule has 1 aliphatic carbocycles. The lowest BCUT2D eigenvalue weighted by Gasteiger charge is -2.12. The van der Waals surface area contributed by atoms with Crippen molar-refractivity contribution in [2.24, 2.45) is 0 Å². The minimum Gasteiger partial charge on any atom is -0.480 e. The number of carboxylic acids is 1. The van der Waals surface area contributed by atoms with Gasteiger partial charge >= 0.3 is 5.97 Å². The molecule has 1 rings (SSSR count). The van der Waals surface area contributed by atoms with Gasteiger partial charge in [0.25, 0.3) is 0 Å². The zero-order valence-electron chi connectivity index (χ0n) is 8.26. The fourth-order valence-corrected chi connectivity index (χ4v) is 3.03. The van der Waals surface area contributed by atoms with Gasteiger partial charge in [0.05, 0.1) is 11.0 Å². The molecule has 86 valence electrons. The fourth-order valence-electron chi connectivity index (χ4n) is 1.22. The highest BCUT2D eigenvalue weighted by Gasteiger charge is 2.38. The molecule has 0 aromatic carbocycles. The predicted octanol–water partition coefficient (Wildman–Crippen LogP) is -0.847. The number of carbonyl (C=O) groups is 2. The van der Waals surface area contributed by atoms with Crippen LogP contribution in [0.4, 0.5) is 0 Å². The Kier molecular flexibility index (Phi) is 3.33. The molecule has 7 heteroatoms. The van der Waals surface area contributed by atoms with Crippen LogP contribution in [-0.2, 0) is 19.4 Å². The number of sulfone groups is 1. The number of amides is 1. The second kappa shape index (κ2) is 4.18. The van der Waals surface area contributed by atoms with Crippen molar-refractivity contribution in [1.82, 2.24) is 5.32 Å². The van der Waals surface area contributed by atoms with Crippen molar-refractivity contribution in [1.29, 1.82) is 0 Å². The maximum atomic E-state index is 11.5. The smallest absolute Gasteiger partial charge is 0.327 e. The molecule has 6 nitrogen and oxygen atoms in total. The van der Waals surface area contributed by atoms with Crippen molar-refractivity contribution in [2.75, 3.05) is 5.75 Å². The summed E-state index contributed by atoms with van der Waals surface area (Å²) < 4.78 is 22.9. The molecule has 1 unspecified atom stereocenters. The van der Waals surface area contributed by atoms with Crippen LogP contribution in [0.1, 0.15) is 19.8 Å². The Balaban J connectivity index is 2.65. The zero-order chi connectivity index (χ0) is 11.6. The number of carbonyl (C=O) groups excluding carboxylic acids is 1. The van der Waals surface area contributed by atoms with Gasteiger partial charge in [-0.3, -0.25) is 4.79 Å². The first-order valence-corrected chi connectivity index (χ1v) is 6.26. The molecule has 2 N–H and O–H groups in total. The van der Waals surface area contributed by atoms with Gasteiger partial charge in [0.15, 0.2) is 9.84 Å². The van der Waals surface area contributed by atoms with E-state index in [4.69, 9.17) is 5.11 Å². The van der Waals surface area contributed by atoms with Gasteiger partial charge in [0.1, 0.15) is 6.04 Å². The lowest BCUT2D eigenvalue weighted by molar-refractivity contribution is -0.140. The molecule has 1 atom stereocenters. The third-order valence-corrected chi connectivity index (χ3v) is 4.39. The monoisotopic (exact) mass is 235 g/mol. The van der Waals surface area contributed by atoms with Crippen LogP contribution in [-0.4, -0.2) is 42.4 Å². The Hall–Kier alpha value is -1.11.